The molecule has 1 aliphatic rings. The van der Waals surface area contributed by atoms with E-state index in [0.717, 1.165) is 47.3 Å². The highest BCUT2D eigenvalue weighted by atomic mass is 16.5. The van der Waals surface area contributed by atoms with Gasteiger partial charge >= 0.3 is 5.97 Å². The highest BCUT2D eigenvalue weighted by molar-refractivity contribution is 5.88. The van der Waals surface area contributed by atoms with Gasteiger partial charge < -0.3 is 19.6 Å². The zero-order chi connectivity index (χ0) is 23.8. The normalized spacial score (nSPS) is 20.8. The molecule has 0 radical (unpaired) electrons. The third-order valence-corrected chi connectivity index (χ3v) is 6.97. The number of benzene rings is 2. The Balaban J connectivity index is 1.78. The minimum Gasteiger partial charge on any atom is -0.496 e. The molecule has 2 aromatic carbocycles. The Kier molecular flexibility index (Phi) is 6.50. The summed E-state index contributed by atoms with van der Waals surface area (Å²) in [5.74, 6) is -0.0175. The molecular weight excluding hydrogens is 416 g/mol. The summed E-state index contributed by atoms with van der Waals surface area (Å²) >= 11 is 0. The van der Waals surface area contributed by atoms with Crippen molar-refractivity contribution in [3.63, 3.8) is 0 Å². The van der Waals surface area contributed by atoms with Crippen LogP contribution < -0.4 is 4.74 Å². The monoisotopic (exact) mass is 450 g/mol. The maximum atomic E-state index is 11.4. The number of nitrogens with one attached hydrogen (secondary N) is 1. The van der Waals surface area contributed by atoms with Crippen LogP contribution in [-0.2, 0) is 11.3 Å². The van der Waals surface area contributed by atoms with Gasteiger partial charge in [0.25, 0.3) is 0 Å². The molecule has 1 aromatic heterocycles. The van der Waals surface area contributed by atoms with Crippen LogP contribution in [0.3, 0.4) is 0 Å². The summed E-state index contributed by atoms with van der Waals surface area (Å²) in [7, 11) is 1.73. The first kappa shape index (κ1) is 23.3. The summed E-state index contributed by atoms with van der Waals surface area (Å²) in [6.45, 7) is 10.1. The maximum Gasteiger partial charge on any atom is 0.335 e. The first-order chi connectivity index (χ1) is 15.7. The van der Waals surface area contributed by atoms with E-state index in [2.05, 4.69) is 42.8 Å². The van der Waals surface area contributed by atoms with Gasteiger partial charge in [-0.3, -0.25) is 4.90 Å². The lowest BCUT2D eigenvalue weighted by atomic mass is 9.81. The average molecular weight is 451 g/mol. The average Bonchev–Trinajstić information content (AvgIpc) is 3.27. The Labute approximate surface area is 195 Å². The highest BCUT2D eigenvalue weighted by Crippen LogP contribution is 2.44. The number of hydrogen-bond donors (Lipinski definition) is 2. The van der Waals surface area contributed by atoms with Crippen molar-refractivity contribution < 1.29 is 19.4 Å². The molecular formula is C27H34N2O4. The number of carboxylic acid groups (broad SMARTS) is 1. The van der Waals surface area contributed by atoms with Crippen molar-refractivity contribution in [3.05, 3.63) is 64.8 Å². The Morgan fingerprint density at radius 3 is 2.61 bits per heavy atom. The van der Waals surface area contributed by atoms with E-state index in [1.165, 1.54) is 5.39 Å². The van der Waals surface area contributed by atoms with E-state index in [9.17, 15) is 9.90 Å². The number of carboxylic acids is 1. The van der Waals surface area contributed by atoms with Crippen molar-refractivity contribution >= 4 is 16.9 Å². The number of aromatic nitrogens is 1. The van der Waals surface area contributed by atoms with Crippen molar-refractivity contribution in [2.24, 2.45) is 0 Å². The van der Waals surface area contributed by atoms with Gasteiger partial charge in [0.15, 0.2) is 0 Å². The van der Waals surface area contributed by atoms with Crippen molar-refractivity contribution in [2.45, 2.75) is 64.8 Å². The van der Waals surface area contributed by atoms with E-state index >= 15 is 0 Å². The molecule has 4 rings (SSSR count). The van der Waals surface area contributed by atoms with Gasteiger partial charge in [-0.2, -0.15) is 0 Å². The second kappa shape index (κ2) is 9.20. The molecule has 1 saturated heterocycles. The van der Waals surface area contributed by atoms with Gasteiger partial charge in [-0.25, -0.2) is 4.79 Å². The number of nitrogens with zero attached hydrogens (tertiary/aromatic N) is 1. The number of piperidine rings is 1. The van der Waals surface area contributed by atoms with Crippen LogP contribution in [0.5, 0.6) is 5.75 Å². The lowest BCUT2D eigenvalue weighted by Gasteiger charge is -2.51. The minimum absolute atomic E-state index is 0.0909. The quantitative estimate of drug-likeness (QED) is 0.483. The molecule has 0 aliphatic carbocycles. The van der Waals surface area contributed by atoms with Gasteiger partial charge in [-0.05, 0) is 75.9 Å². The fourth-order valence-electron chi connectivity index (χ4n) is 5.36. The van der Waals surface area contributed by atoms with Gasteiger partial charge in [-0.1, -0.05) is 12.1 Å². The first-order valence-electron chi connectivity index (χ1n) is 11.6. The molecule has 2 N–H and O–H groups in total. The van der Waals surface area contributed by atoms with Crippen molar-refractivity contribution in [2.75, 3.05) is 13.7 Å². The molecule has 176 valence electrons. The summed E-state index contributed by atoms with van der Waals surface area (Å²) in [6, 6.07) is 11.6. The van der Waals surface area contributed by atoms with Crippen LogP contribution in [0.4, 0.5) is 0 Å². The molecule has 1 aliphatic heterocycles. The van der Waals surface area contributed by atoms with Crippen molar-refractivity contribution in [1.29, 1.82) is 0 Å². The van der Waals surface area contributed by atoms with Gasteiger partial charge in [0.2, 0.25) is 0 Å². The number of ether oxygens (including phenoxy) is 2. The number of carbonyl (C=O) groups is 1. The molecule has 0 saturated carbocycles. The van der Waals surface area contributed by atoms with Crippen LogP contribution in [0.25, 0.3) is 10.9 Å². The molecule has 6 nitrogen and oxygen atoms in total. The topological polar surface area (TPSA) is 74.8 Å². The summed E-state index contributed by atoms with van der Waals surface area (Å²) < 4.78 is 11.9. The van der Waals surface area contributed by atoms with Gasteiger partial charge in [0.1, 0.15) is 5.75 Å². The maximum absolute atomic E-state index is 11.4. The lowest BCUT2D eigenvalue weighted by Crippen LogP contribution is -2.53. The molecule has 0 unspecified atom stereocenters. The van der Waals surface area contributed by atoms with E-state index in [0.29, 0.717) is 12.2 Å². The number of aryl methyl sites for hydroxylation is 1. The van der Waals surface area contributed by atoms with Crippen molar-refractivity contribution in [1.82, 2.24) is 9.88 Å². The molecule has 33 heavy (non-hydrogen) atoms. The second-order valence-electron chi connectivity index (χ2n) is 9.54. The van der Waals surface area contributed by atoms with E-state index in [1.54, 1.807) is 19.2 Å². The van der Waals surface area contributed by atoms with E-state index in [4.69, 9.17) is 9.47 Å². The van der Waals surface area contributed by atoms with Crippen LogP contribution in [0.15, 0.2) is 42.6 Å². The number of aromatic amines is 1. The largest absolute Gasteiger partial charge is 0.496 e. The number of rotatable bonds is 7. The van der Waals surface area contributed by atoms with Gasteiger partial charge in [0, 0.05) is 47.4 Å². The Morgan fingerprint density at radius 1 is 1.24 bits per heavy atom. The number of methoxy groups -OCH3 is 1. The molecule has 1 fully saturated rings. The number of likely N-dealkylation sites (tertiary alicyclic amines) is 1. The molecule has 3 aromatic rings. The molecule has 2 heterocycles. The molecule has 6 heteroatoms. The number of aromatic carboxylic acids is 1. The number of H-pyrrole nitrogens is 1. The molecule has 0 bridgehead atoms. The van der Waals surface area contributed by atoms with E-state index in [-0.39, 0.29) is 17.7 Å². The molecule has 2 atom stereocenters. The van der Waals surface area contributed by atoms with Gasteiger partial charge in [0.05, 0.1) is 18.8 Å². The second-order valence-corrected chi connectivity index (χ2v) is 9.54. The van der Waals surface area contributed by atoms with E-state index in [1.807, 2.05) is 25.3 Å². The summed E-state index contributed by atoms with van der Waals surface area (Å²) in [5, 5.41) is 10.5. The number of fused-ring (bicyclic) bond motifs is 1. The highest BCUT2D eigenvalue weighted by Gasteiger charge is 2.42. The predicted molar refractivity (Wildman–Crippen MR) is 130 cm³/mol. The predicted octanol–water partition coefficient (Wildman–Crippen LogP) is 5.70. The minimum atomic E-state index is -0.909. The van der Waals surface area contributed by atoms with E-state index < -0.39 is 5.97 Å². The summed E-state index contributed by atoms with van der Waals surface area (Å²) in [4.78, 5) is 17.3. The van der Waals surface area contributed by atoms with Crippen LogP contribution in [0.2, 0.25) is 0 Å². The third-order valence-electron chi connectivity index (χ3n) is 6.97. The van der Waals surface area contributed by atoms with Crippen LogP contribution in [0, 0.1) is 6.92 Å². The summed E-state index contributed by atoms with van der Waals surface area (Å²) in [6.07, 6.45) is 3.91. The smallest absolute Gasteiger partial charge is 0.335 e. The Hall–Kier alpha value is -2.83. The Morgan fingerprint density at radius 2 is 1.97 bits per heavy atom. The fraction of sp³-hybridized carbons (Fsp3) is 0.444. The zero-order valence-corrected chi connectivity index (χ0v) is 20.1. The van der Waals surface area contributed by atoms with Crippen LogP contribution in [-0.4, -0.2) is 46.3 Å². The number of hydrogen-bond acceptors (Lipinski definition) is 4. The Bertz CT molecular complexity index is 1130. The standard InChI is InChI=1S/C27H34N2O4/c1-6-33-20-14-23(18-7-9-19(10-8-18)26(30)31)29(27(3,4)15-20)16-22-21-11-12-28-25(21)17(2)13-24(22)32-5/h7-13,20,23,28H,6,14-16H2,1-5H3,(H,30,31)/t20-,23-/m1/s1. The first-order valence-corrected chi connectivity index (χ1v) is 11.6. The molecule has 0 amide bonds. The third kappa shape index (κ3) is 4.50. The lowest BCUT2D eigenvalue weighted by molar-refractivity contribution is -0.0753. The summed E-state index contributed by atoms with van der Waals surface area (Å²) in [5.41, 5.74) is 4.73. The van der Waals surface area contributed by atoms with Crippen LogP contribution >= 0.6 is 0 Å². The van der Waals surface area contributed by atoms with Gasteiger partial charge in [-0.15, -0.1) is 0 Å². The SMILES string of the molecule is CCO[C@@H]1C[C@H](c2ccc(C(=O)O)cc2)N(Cc2c(OC)cc(C)c3[nH]ccc23)C(C)(C)C1. The van der Waals surface area contributed by atoms with Crippen molar-refractivity contribution in [3.8, 4) is 5.75 Å². The van der Waals surface area contributed by atoms with Crippen LogP contribution in [0.1, 0.15) is 66.7 Å². The zero-order valence-electron chi connectivity index (χ0n) is 20.1. The fourth-order valence-corrected chi connectivity index (χ4v) is 5.36. The molecule has 0 spiro atoms.